The van der Waals surface area contributed by atoms with Gasteiger partial charge >= 0.3 is 5.97 Å². The number of carboxylic acid groups (broad SMARTS) is 1. The third-order valence-electron chi connectivity index (χ3n) is 2.42. The first-order valence-electron chi connectivity index (χ1n) is 5.51. The number of hydrogen-bond donors (Lipinski definition) is 2. The maximum Gasteiger partial charge on any atom is 0.320 e. The van der Waals surface area contributed by atoms with Crippen LogP contribution >= 0.6 is 0 Å². The third kappa shape index (κ3) is 2.92. The quantitative estimate of drug-likeness (QED) is 0.827. The number of hydrogen-bond acceptors (Lipinski definition) is 5. The smallest absolute Gasteiger partial charge is 0.320 e. The van der Waals surface area contributed by atoms with Gasteiger partial charge in [0.2, 0.25) is 11.8 Å². The molecule has 1 unspecified atom stereocenters. The van der Waals surface area contributed by atoms with Crippen LogP contribution in [-0.2, 0) is 11.3 Å². The number of rotatable bonds is 5. The lowest BCUT2D eigenvalue weighted by Gasteiger charge is -2.05. The highest BCUT2D eigenvalue weighted by molar-refractivity contribution is 5.72. The molecule has 0 saturated carbocycles. The number of carbonyl (C=O) groups is 1. The molecule has 0 amide bonds. The summed E-state index contributed by atoms with van der Waals surface area (Å²) in [6, 6.07) is 8.73. The topological polar surface area (TPSA) is 88.3 Å². The standard InChI is InChI=1S/C12H13N3O3/c1-8(12(16)17)13-7-10-14-15-11(18-10)9-5-3-2-4-6-9/h2-6,8,13H,7H2,1H3,(H,16,17). The van der Waals surface area contributed by atoms with Gasteiger partial charge in [-0.25, -0.2) is 0 Å². The maximum absolute atomic E-state index is 10.6. The summed E-state index contributed by atoms with van der Waals surface area (Å²) in [6.45, 7) is 1.78. The number of nitrogens with one attached hydrogen (secondary N) is 1. The van der Waals surface area contributed by atoms with Crippen LogP contribution in [0.2, 0.25) is 0 Å². The molecule has 2 rings (SSSR count). The van der Waals surface area contributed by atoms with E-state index in [0.717, 1.165) is 5.56 Å². The van der Waals surface area contributed by atoms with Gasteiger partial charge in [0.05, 0.1) is 6.54 Å². The highest BCUT2D eigenvalue weighted by atomic mass is 16.4. The van der Waals surface area contributed by atoms with Crippen LogP contribution in [0, 0.1) is 0 Å². The Labute approximate surface area is 104 Å². The molecule has 1 heterocycles. The van der Waals surface area contributed by atoms with Crippen molar-refractivity contribution >= 4 is 5.97 Å². The molecule has 1 aromatic carbocycles. The molecule has 0 aliphatic heterocycles. The van der Waals surface area contributed by atoms with E-state index in [1.807, 2.05) is 30.3 Å². The van der Waals surface area contributed by atoms with Gasteiger partial charge in [-0.05, 0) is 19.1 Å². The minimum Gasteiger partial charge on any atom is -0.480 e. The fourth-order valence-corrected chi connectivity index (χ4v) is 1.35. The van der Waals surface area contributed by atoms with Gasteiger partial charge in [-0.3, -0.25) is 10.1 Å². The van der Waals surface area contributed by atoms with Gasteiger partial charge in [0, 0.05) is 5.56 Å². The maximum atomic E-state index is 10.6. The molecule has 0 aliphatic rings. The first kappa shape index (κ1) is 12.3. The second kappa shape index (κ2) is 5.42. The van der Waals surface area contributed by atoms with E-state index in [0.29, 0.717) is 11.8 Å². The van der Waals surface area contributed by atoms with Crippen molar-refractivity contribution in [1.29, 1.82) is 0 Å². The van der Waals surface area contributed by atoms with Gasteiger partial charge < -0.3 is 9.52 Å². The zero-order chi connectivity index (χ0) is 13.0. The van der Waals surface area contributed by atoms with Gasteiger partial charge in [0.25, 0.3) is 0 Å². The average Bonchev–Trinajstić information content (AvgIpc) is 2.85. The Morgan fingerprint density at radius 3 is 2.78 bits per heavy atom. The number of aromatic nitrogens is 2. The summed E-state index contributed by atoms with van der Waals surface area (Å²) < 4.78 is 5.42. The summed E-state index contributed by atoms with van der Waals surface area (Å²) >= 11 is 0. The predicted octanol–water partition coefficient (Wildman–Crippen LogP) is 1.30. The summed E-state index contributed by atoms with van der Waals surface area (Å²) in [4.78, 5) is 10.6. The second-order valence-electron chi connectivity index (χ2n) is 3.81. The first-order valence-corrected chi connectivity index (χ1v) is 5.51. The first-order chi connectivity index (χ1) is 8.66. The van der Waals surface area contributed by atoms with Crippen LogP contribution in [-0.4, -0.2) is 27.3 Å². The van der Waals surface area contributed by atoms with Crippen molar-refractivity contribution < 1.29 is 14.3 Å². The summed E-state index contributed by atoms with van der Waals surface area (Å²) in [5.74, 6) is -0.130. The highest BCUT2D eigenvalue weighted by Crippen LogP contribution is 2.16. The minimum atomic E-state index is -0.919. The van der Waals surface area contributed by atoms with Crippen LogP contribution < -0.4 is 5.32 Å². The Balaban J connectivity index is 2.01. The SMILES string of the molecule is CC(NCc1nnc(-c2ccccc2)o1)C(=O)O. The Morgan fingerprint density at radius 2 is 2.11 bits per heavy atom. The molecular formula is C12H13N3O3. The number of nitrogens with zero attached hydrogens (tertiary/aromatic N) is 2. The summed E-state index contributed by atoms with van der Waals surface area (Å²) in [6.07, 6.45) is 0. The lowest BCUT2D eigenvalue weighted by Crippen LogP contribution is -2.33. The van der Waals surface area contributed by atoms with E-state index >= 15 is 0 Å². The summed E-state index contributed by atoms with van der Waals surface area (Å²) in [7, 11) is 0. The fourth-order valence-electron chi connectivity index (χ4n) is 1.35. The predicted molar refractivity (Wildman–Crippen MR) is 63.7 cm³/mol. The number of carboxylic acids is 1. The van der Waals surface area contributed by atoms with E-state index in [4.69, 9.17) is 9.52 Å². The monoisotopic (exact) mass is 247 g/mol. The van der Waals surface area contributed by atoms with Crippen molar-refractivity contribution in [2.24, 2.45) is 0 Å². The van der Waals surface area contributed by atoms with E-state index in [-0.39, 0.29) is 6.54 Å². The van der Waals surface area contributed by atoms with Crippen molar-refractivity contribution in [3.63, 3.8) is 0 Å². The van der Waals surface area contributed by atoms with Crippen LogP contribution in [0.5, 0.6) is 0 Å². The molecule has 1 aromatic heterocycles. The van der Waals surface area contributed by atoms with Crippen LogP contribution in [0.15, 0.2) is 34.7 Å². The van der Waals surface area contributed by atoms with Crippen molar-refractivity contribution in [2.45, 2.75) is 19.5 Å². The van der Waals surface area contributed by atoms with E-state index in [1.54, 1.807) is 6.92 Å². The molecule has 2 aromatic rings. The third-order valence-corrected chi connectivity index (χ3v) is 2.42. The van der Waals surface area contributed by atoms with Crippen molar-refractivity contribution in [2.75, 3.05) is 0 Å². The Bertz CT molecular complexity index is 524. The van der Waals surface area contributed by atoms with E-state index in [2.05, 4.69) is 15.5 Å². The Morgan fingerprint density at radius 1 is 1.39 bits per heavy atom. The largest absolute Gasteiger partial charge is 0.480 e. The molecule has 0 bridgehead atoms. The highest BCUT2D eigenvalue weighted by Gasteiger charge is 2.12. The summed E-state index contributed by atoms with van der Waals surface area (Å²) in [5, 5.41) is 19.2. The minimum absolute atomic E-state index is 0.229. The van der Waals surface area contributed by atoms with Crippen LogP contribution in [0.4, 0.5) is 0 Å². The van der Waals surface area contributed by atoms with Crippen molar-refractivity contribution in [1.82, 2.24) is 15.5 Å². The van der Waals surface area contributed by atoms with Crippen molar-refractivity contribution in [3.8, 4) is 11.5 Å². The second-order valence-corrected chi connectivity index (χ2v) is 3.81. The van der Waals surface area contributed by atoms with Gasteiger partial charge in [-0.2, -0.15) is 0 Å². The van der Waals surface area contributed by atoms with Gasteiger partial charge in [-0.1, -0.05) is 18.2 Å². The van der Waals surface area contributed by atoms with Gasteiger partial charge in [-0.15, -0.1) is 10.2 Å². The average molecular weight is 247 g/mol. The number of aliphatic carboxylic acids is 1. The molecule has 18 heavy (non-hydrogen) atoms. The molecule has 1 atom stereocenters. The lowest BCUT2D eigenvalue weighted by atomic mass is 10.2. The molecule has 0 saturated heterocycles. The zero-order valence-electron chi connectivity index (χ0n) is 9.83. The molecule has 2 N–H and O–H groups in total. The molecule has 6 nitrogen and oxygen atoms in total. The van der Waals surface area contributed by atoms with Gasteiger partial charge in [0.1, 0.15) is 6.04 Å². The molecule has 0 aliphatic carbocycles. The molecule has 0 radical (unpaired) electrons. The van der Waals surface area contributed by atoms with Crippen LogP contribution in [0.25, 0.3) is 11.5 Å². The van der Waals surface area contributed by atoms with Crippen LogP contribution in [0.1, 0.15) is 12.8 Å². The Hall–Kier alpha value is -2.21. The normalized spacial score (nSPS) is 12.3. The van der Waals surface area contributed by atoms with E-state index < -0.39 is 12.0 Å². The molecule has 0 spiro atoms. The molecule has 0 fully saturated rings. The summed E-state index contributed by atoms with van der Waals surface area (Å²) in [5.41, 5.74) is 0.836. The zero-order valence-corrected chi connectivity index (χ0v) is 9.83. The fraction of sp³-hybridized carbons (Fsp3) is 0.250. The lowest BCUT2D eigenvalue weighted by molar-refractivity contribution is -0.139. The molecule has 6 heteroatoms. The van der Waals surface area contributed by atoms with Gasteiger partial charge in [0.15, 0.2) is 0 Å². The van der Waals surface area contributed by atoms with E-state index in [9.17, 15) is 4.79 Å². The van der Waals surface area contributed by atoms with Crippen LogP contribution in [0.3, 0.4) is 0 Å². The molecule has 94 valence electrons. The number of benzene rings is 1. The molecular weight excluding hydrogens is 234 g/mol. The van der Waals surface area contributed by atoms with E-state index in [1.165, 1.54) is 0 Å². The van der Waals surface area contributed by atoms with Crippen molar-refractivity contribution in [3.05, 3.63) is 36.2 Å². The Kier molecular flexibility index (Phi) is 3.69.